The minimum Gasteiger partial charge on any atom is -0.548 e. The molecular formula is C23H27N2O7-. The number of rotatable bonds is 10. The summed E-state index contributed by atoms with van der Waals surface area (Å²) in [5.41, 5.74) is 1.84. The summed E-state index contributed by atoms with van der Waals surface area (Å²) in [4.78, 5) is 47.2. The molecule has 0 bridgehead atoms. The lowest BCUT2D eigenvalue weighted by atomic mass is 9.91. The first kappa shape index (κ1) is 23.3. The second kappa shape index (κ2) is 10.8. The van der Waals surface area contributed by atoms with Crippen molar-refractivity contribution in [2.75, 3.05) is 13.2 Å². The summed E-state index contributed by atoms with van der Waals surface area (Å²) in [6, 6.07) is 4.01. The van der Waals surface area contributed by atoms with Gasteiger partial charge in [0, 0.05) is 17.0 Å². The highest BCUT2D eigenvalue weighted by atomic mass is 16.5. The van der Waals surface area contributed by atoms with Crippen molar-refractivity contribution in [2.45, 2.75) is 57.9 Å². The van der Waals surface area contributed by atoms with Crippen molar-refractivity contribution >= 4 is 28.8 Å². The van der Waals surface area contributed by atoms with Gasteiger partial charge in [-0.15, -0.1) is 0 Å². The number of nitrogens with one attached hydrogen (secondary N) is 2. The van der Waals surface area contributed by atoms with Gasteiger partial charge in [0.1, 0.15) is 11.3 Å². The maximum atomic E-state index is 12.2. The number of aliphatic carboxylic acids is 1. The average molecular weight is 443 g/mol. The highest BCUT2D eigenvalue weighted by molar-refractivity contribution is 5.88. The molecule has 0 aliphatic heterocycles. The fourth-order valence-electron chi connectivity index (χ4n) is 3.80. The second-order valence-electron chi connectivity index (χ2n) is 7.86. The van der Waals surface area contributed by atoms with E-state index >= 15 is 0 Å². The van der Waals surface area contributed by atoms with Crippen LogP contribution in [0.5, 0.6) is 5.75 Å². The van der Waals surface area contributed by atoms with E-state index in [9.17, 15) is 24.3 Å². The van der Waals surface area contributed by atoms with Gasteiger partial charge in [-0.1, -0.05) is 19.8 Å². The van der Waals surface area contributed by atoms with Gasteiger partial charge in [0.15, 0.2) is 6.61 Å². The molecule has 0 radical (unpaired) electrons. The molecule has 1 aromatic heterocycles. The molecule has 1 heterocycles. The van der Waals surface area contributed by atoms with Crippen LogP contribution in [-0.4, -0.2) is 37.0 Å². The molecule has 1 aliphatic carbocycles. The van der Waals surface area contributed by atoms with E-state index in [4.69, 9.17) is 9.15 Å². The van der Waals surface area contributed by atoms with Gasteiger partial charge in [-0.05, 0) is 49.8 Å². The predicted octanol–water partition coefficient (Wildman–Crippen LogP) is 0.592. The van der Waals surface area contributed by atoms with Crippen molar-refractivity contribution in [3.05, 3.63) is 39.7 Å². The van der Waals surface area contributed by atoms with Crippen LogP contribution >= 0.6 is 0 Å². The third kappa shape index (κ3) is 5.87. The van der Waals surface area contributed by atoms with Crippen LogP contribution in [0.25, 0.3) is 11.0 Å². The summed E-state index contributed by atoms with van der Waals surface area (Å²) >= 11 is 0. The molecule has 0 saturated heterocycles. The second-order valence-corrected chi connectivity index (χ2v) is 7.86. The number of ether oxygens (including phenoxy) is 1. The van der Waals surface area contributed by atoms with Gasteiger partial charge >= 0.3 is 5.63 Å². The molecule has 1 aromatic carbocycles. The highest BCUT2D eigenvalue weighted by Gasteiger charge is 2.18. The molecule has 2 amide bonds. The van der Waals surface area contributed by atoms with Crippen molar-refractivity contribution in [1.29, 1.82) is 0 Å². The van der Waals surface area contributed by atoms with Crippen molar-refractivity contribution in [3.8, 4) is 5.75 Å². The number of carbonyl (C=O) groups is 3. The van der Waals surface area contributed by atoms with Gasteiger partial charge in [0.25, 0.3) is 5.91 Å². The largest absolute Gasteiger partial charge is 0.548 e. The molecule has 9 heteroatoms. The lowest BCUT2D eigenvalue weighted by Crippen LogP contribution is -2.50. The number of amides is 2. The summed E-state index contributed by atoms with van der Waals surface area (Å²) in [7, 11) is 0. The quantitative estimate of drug-likeness (QED) is 0.513. The Morgan fingerprint density at radius 1 is 1.16 bits per heavy atom. The summed E-state index contributed by atoms with van der Waals surface area (Å²) in [5, 5.41) is 16.7. The number of carbonyl (C=O) groups excluding carboxylic acids is 3. The monoisotopic (exact) mass is 443 g/mol. The van der Waals surface area contributed by atoms with E-state index < -0.39 is 23.8 Å². The molecule has 2 aromatic rings. The Labute approximate surface area is 185 Å². The summed E-state index contributed by atoms with van der Waals surface area (Å²) < 4.78 is 10.9. The smallest absolute Gasteiger partial charge is 0.339 e. The average Bonchev–Trinajstić information content (AvgIpc) is 2.78. The zero-order valence-corrected chi connectivity index (χ0v) is 18.0. The van der Waals surface area contributed by atoms with Crippen LogP contribution in [0.15, 0.2) is 27.4 Å². The molecule has 0 unspecified atom stereocenters. The topological polar surface area (TPSA) is 138 Å². The minimum atomic E-state index is -1.36. The lowest BCUT2D eigenvalue weighted by molar-refractivity contribution is -0.308. The van der Waals surface area contributed by atoms with Gasteiger partial charge in [0.2, 0.25) is 5.91 Å². The normalized spacial score (nSPS) is 13.8. The van der Waals surface area contributed by atoms with E-state index in [1.807, 2.05) is 13.0 Å². The number of carboxylic acid groups (broad SMARTS) is 1. The van der Waals surface area contributed by atoms with Crippen molar-refractivity contribution in [1.82, 2.24) is 10.6 Å². The number of carboxylic acids is 1. The van der Waals surface area contributed by atoms with E-state index in [1.54, 1.807) is 12.1 Å². The van der Waals surface area contributed by atoms with Gasteiger partial charge < -0.3 is 29.7 Å². The third-order valence-electron chi connectivity index (χ3n) is 5.48. The lowest BCUT2D eigenvalue weighted by Gasteiger charge is -2.19. The minimum absolute atomic E-state index is 0.267. The van der Waals surface area contributed by atoms with E-state index in [0.717, 1.165) is 48.6 Å². The molecule has 9 nitrogen and oxygen atoms in total. The van der Waals surface area contributed by atoms with Gasteiger partial charge in [-0.3, -0.25) is 9.59 Å². The van der Waals surface area contributed by atoms with E-state index in [2.05, 4.69) is 10.6 Å². The summed E-state index contributed by atoms with van der Waals surface area (Å²) in [6.07, 6.45) is 5.25. The number of unbranched alkanes of at least 4 members (excludes halogenated alkanes) is 1. The molecule has 0 fully saturated rings. The zero-order chi connectivity index (χ0) is 23.1. The number of hydrogen-bond acceptors (Lipinski definition) is 7. The van der Waals surface area contributed by atoms with Crippen LogP contribution in [0, 0.1) is 0 Å². The van der Waals surface area contributed by atoms with E-state index in [-0.39, 0.29) is 25.2 Å². The van der Waals surface area contributed by atoms with Gasteiger partial charge in [-0.2, -0.15) is 0 Å². The first-order valence-corrected chi connectivity index (χ1v) is 10.9. The first-order chi connectivity index (χ1) is 15.4. The summed E-state index contributed by atoms with van der Waals surface area (Å²) in [5.74, 6) is -2.18. The molecule has 0 spiro atoms. The maximum Gasteiger partial charge on any atom is 0.339 e. The SMILES string of the molecule is CCCC[C@H](NC(=O)CNC(=O)COc1ccc2c3c(c(=O)oc2c1)CCCC3)C(=O)[O-]. The molecule has 0 saturated carbocycles. The van der Waals surface area contributed by atoms with Crippen molar-refractivity contribution < 1.29 is 28.6 Å². The van der Waals surface area contributed by atoms with Crippen LogP contribution in [0.2, 0.25) is 0 Å². The Kier molecular flexibility index (Phi) is 7.86. The van der Waals surface area contributed by atoms with Crippen molar-refractivity contribution in [2.24, 2.45) is 0 Å². The van der Waals surface area contributed by atoms with E-state index in [0.29, 0.717) is 17.8 Å². The number of benzene rings is 1. The molecule has 2 N–H and O–H groups in total. The number of fused-ring (bicyclic) bond motifs is 3. The van der Waals surface area contributed by atoms with Gasteiger partial charge in [0.05, 0.1) is 18.6 Å². The fraction of sp³-hybridized carbons (Fsp3) is 0.478. The standard InChI is InChI=1S/C23H28N2O7/c1-2-3-8-18(22(28)29)25-20(26)12-24-21(27)13-31-14-9-10-16-15-6-4-5-7-17(15)23(30)32-19(16)11-14/h9-11,18H,2-8,12-13H2,1H3,(H,24,27)(H,25,26)(H,28,29)/p-1/t18-/m0/s1. The van der Waals surface area contributed by atoms with Crippen LogP contribution in [0.1, 0.15) is 50.2 Å². The molecular weight excluding hydrogens is 416 g/mol. The number of hydrogen-bond donors (Lipinski definition) is 2. The number of aryl methyl sites for hydroxylation is 1. The molecule has 3 rings (SSSR count). The van der Waals surface area contributed by atoms with E-state index in [1.165, 1.54) is 0 Å². The first-order valence-electron chi connectivity index (χ1n) is 10.9. The van der Waals surface area contributed by atoms with Crippen LogP contribution in [0.4, 0.5) is 0 Å². The predicted molar refractivity (Wildman–Crippen MR) is 114 cm³/mol. The van der Waals surface area contributed by atoms with Crippen LogP contribution < -0.4 is 26.1 Å². The fourth-order valence-corrected chi connectivity index (χ4v) is 3.80. The summed E-state index contributed by atoms with van der Waals surface area (Å²) in [6.45, 7) is 1.18. The Balaban J connectivity index is 1.53. The van der Waals surface area contributed by atoms with Crippen LogP contribution in [-0.2, 0) is 27.2 Å². The maximum absolute atomic E-state index is 12.2. The molecule has 1 atom stereocenters. The van der Waals surface area contributed by atoms with Crippen molar-refractivity contribution in [3.63, 3.8) is 0 Å². The molecule has 1 aliphatic rings. The zero-order valence-electron chi connectivity index (χ0n) is 18.0. The Hall–Kier alpha value is -3.36. The third-order valence-corrected chi connectivity index (χ3v) is 5.48. The highest BCUT2D eigenvalue weighted by Crippen LogP contribution is 2.29. The Bertz CT molecular complexity index is 1060. The van der Waals surface area contributed by atoms with Crippen LogP contribution in [0.3, 0.4) is 0 Å². The van der Waals surface area contributed by atoms with Gasteiger partial charge in [-0.25, -0.2) is 4.79 Å². The molecule has 172 valence electrons. The Morgan fingerprint density at radius 3 is 2.62 bits per heavy atom. The Morgan fingerprint density at radius 2 is 1.91 bits per heavy atom. The molecule has 32 heavy (non-hydrogen) atoms.